The Morgan fingerprint density at radius 3 is 2.42 bits per heavy atom. The number of benzene rings is 1. The van der Waals surface area contributed by atoms with Gasteiger partial charge in [0.15, 0.2) is 0 Å². The number of nitrogens with zero attached hydrogens (tertiary/aromatic N) is 1. The molecule has 7 heteroatoms. The number of rotatable bonds is 6. The molecule has 24 heavy (non-hydrogen) atoms. The standard InChI is InChI=1S/C17H17F3N2O2/c1-12-3-2-4-15(22-12)16(23)21-9-13-5-7-14(8-6-13)10-24-11-17(18,19)20/h2-8H,9-11H2,1H3,(H,21,23). The molecule has 2 aromatic rings. The summed E-state index contributed by atoms with van der Waals surface area (Å²) in [5.41, 5.74) is 2.56. The Kier molecular flexibility index (Phi) is 5.92. The lowest BCUT2D eigenvalue weighted by atomic mass is 10.1. The highest BCUT2D eigenvalue weighted by molar-refractivity contribution is 5.92. The lowest BCUT2D eigenvalue weighted by molar-refractivity contribution is -0.176. The average molecular weight is 338 g/mol. The zero-order valence-electron chi connectivity index (χ0n) is 13.1. The van der Waals surface area contributed by atoms with Crippen LogP contribution in [-0.2, 0) is 17.9 Å². The van der Waals surface area contributed by atoms with Crippen LogP contribution in [-0.4, -0.2) is 23.7 Å². The van der Waals surface area contributed by atoms with Crippen LogP contribution in [0.2, 0.25) is 0 Å². The zero-order chi connectivity index (χ0) is 17.6. The number of carbonyl (C=O) groups excluding carboxylic acids is 1. The molecule has 0 radical (unpaired) electrons. The normalized spacial score (nSPS) is 11.3. The van der Waals surface area contributed by atoms with E-state index in [0.717, 1.165) is 11.3 Å². The van der Waals surface area contributed by atoms with Crippen LogP contribution in [0.1, 0.15) is 27.3 Å². The Morgan fingerprint density at radius 2 is 1.79 bits per heavy atom. The van der Waals surface area contributed by atoms with Crippen LogP contribution in [0.25, 0.3) is 0 Å². The smallest absolute Gasteiger partial charge is 0.367 e. The van der Waals surface area contributed by atoms with E-state index in [1.165, 1.54) is 0 Å². The van der Waals surface area contributed by atoms with Crippen molar-refractivity contribution in [3.8, 4) is 0 Å². The number of carbonyl (C=O) groups is 1. The second kappa shape index (κ2) is 7.92. The lowest BCUT2D eigenvalue weighted by Gasteiger charge is -2.09. The molecule has 1 amide bonds. The van der Waals surface area contributed by atoms with Crippen LogP contribution in [0.4, 0.5) is 13.2 Å². The van der Waals surface area contributed by atoms with Gasteiger partial charge in [0, 0.05) is 12.2 Å². The molecule has 1 aromatic carbocycles. The Balaban J connectivity index is 1.82. The third-order valence-electron chi connectivity index (χ3n) is 3.13. The van der Waals surface area contributed by atoms with E-state index in [4.69, 9.17) is 0 Å². The summed E-state index contributed by atoms with van der Waals surface area (Å²) in [6.07, 6.45) is -4.33. The van der Waals surface area contributed by atoms with Crippen LogP contribution < -0.4 is 5.32 Å². The molecule has 4 nitrogen and oxygen atoms in total. The molecule has 0 atom stereocenters. The summed E-state index contributed by atoms with van der Waals surface area (Å²) in [6, 6.07) is 12.0. The van der Waals surface area contributed by atoms with Gasteiger partial charge >= 0.3 is 6.18 Å². The number of alkyl halides is 3. The van der Waals surface area contributed by atoms with Gasteiger partial charge in [-0.05, 0) is 30.2 Å². The van der Waals surface area contributed by atoms with Crippen LogP contribution in [0.15, 0.2) is 42.5 Å². The fourth-order valence-corrected chi connectivity index (χ4v) is 1.98. The minimum atomic E-state index is -4.33. The Bertz CT molecular complexity index is 685. The Hall–Kier alpha value is -2.41. The second-order valence-electron chi connectivity index (χ2n) is 5.27. The van der Waals surface area contributed by atoms with Crippen molar-refractivity contribution >= 4 is 5.91 Å². The van der Waals surface area contributed by atoms with E-state index in [1.54, 1.807) is 49.4 Å². The average Bonchev–Trinajstić information content (AvgIpc) is 2.52. The molecule has 0 bridgehead atoms. The van der Waals surface area contributed by atoms with Crippen molar-refractivity contribution in [2.75, 3.05) is 6.61 Å². The summed E-state index contributed by atoms with van der Waals surface area (Å²) < 4.78 is 40.6. The topological polar surface area (TPSA) is 51.2 Å². The number of nitrogens with one attached hydrogen (secondary N) is 1. The summed E-state index contributed by atoms with van der Waals surface area (Å²) in [7, 11) is 0. The monoisotopic (exact) mass is 338 g/mol. The van der Waals surface area contributed by atoms with Crippen molar-refractivity contribution in [2.45, 2.75) is 26.3 Å². The summed E-state index contributed by atoms with van der Waals surface area (Å²) >= 11 is 0. The molecule has 0 spiro atoms. The first-order valence-electron chi connectivity index (χ1n) is 7.28. The summed E-state index contributed by atoms with van der Waals surface area (Å²) in [5.74, 6) is -0.281. The van der Waals surface area contributed by atoms with Gasteiger partial charge in [0.25, 0.3) is 5.91 Å². The molecule has 1 N–H and O–H groups in total. The molecular formula is C17H17F3N2O2. The maximum absolute atomic E-state index is 12.0. The predicted octanol–water partition coefficient (Wildman–Crippen LogP) is 3.40. The molecule has 0 fully saturated rings. The molecule has 1 aromatic heterocycles. The predicted molar refractivity (Wildman–Crippen MR) is 82.3 cm³/mol. The molecule has 0 unspecified atom stereocenters. The van der Waals surface area contributed by atoms with E-state index in [2.05, 4.69) is 15.0 Å². The van der Waals surface area contributed by atoms with Gasteiger partial charge in [-0.15, -0.1) is 0 Å². The van der Waals surface area contributed by atoms with E-state index in [-0.39, 0.29) is 12.5 Å². The zero-order valence-corrected chi connectivity index (χ0v) is 13.1. The second-order valence-corrected chi connectivity index (χ2v) is 5.27. The van der Waals surface area contributed by atoms with Crippen molar-refractivity contribution < 1.29 is 22.7 Å². The van der Waals surface area contributed by atoms with Gasteiger partial charge < -0.3 is 10.1 Å². The number of amides is 1. The first kappa shape index (κ1) is 17.9. The van der Waals surface area contributed by atoms with Crippen molar-refractivity contribution in [3.63, 3.8) is 0 Å². The summed E-state index contributed by atoms with van der Waals surface area (Å²) in [6.45, 7) is 0.724. The third-order valence-corrected chi connectivity index (χ3v) is 3.13. The van der Waals surface area contributed by atoms with E-state index in [0.29, 0.717) is 17.8 Å². The number of hydrogen-bond donors (Lipinski definition) is 1. The fraction of sp³-hybridized carbons (Fsp3) is 0.294. The minimum absolute atomic E-state index is 0.112. The highest BCUT2D eigenvalue weighted by atomic mass is 19.4. The van der Waals surface area contributed by atoms with Gasteiger partial charge in [0.1, 0.15) is 12.3 Å². The number of aromatic nitrogens is 1. The van der Waals surface area contributed by atoms with Gasteiger partial charge in [0.2, 0.25) is 0 Å². The largest absolute Gasteiger partial charge is 0.411 e. The molecule has 0 aliphatic rings. The summed E-state index contributed by atoms with van der Waals surface area (Å²) in [5, 5.41) is 2.74. The Labute approximate surface area is 137 Å². The van der Waals surface area contributed by atoms with Gasteiger partial charge in [-0.2, -0.15) is 13.2 Å². The number of halogens is 3. The summed E-state index contributed by atoms with van der Waals surface area (Å²) in [4.78, 5) is 16.1. The maximum Gasteiger partial charge on any atom is 0.411 e. The number of pyridine rings is 1. The molecule has 0 aliphatic carbocycles. The minimum Gasteiger partial charge on any atom is -0.367 e. The van der Waals surface area contributed by atoms with E-state index in [9.17, 15) is 18.0 Å². The first-order valence-corrected chi connectivity index (χ1v) is 7.28. The SMILES string of the molecule is Cc1cccc(C(=O)NCc2ccc(COCC(F)(F)F)cc2)n1. The number of hydrogen-bond acceptors (Lipinski definition) is 3. The highest BCUT2D eigenvalue weighted by Crippen LogP contribution is 2.15. The van der Waals surface area contributed by atoms with Gasteiger partial charge in [-0.25, -0.2) is 4.98 Å². The molecule has 1 heterocycles. The fourth-order valence-electron chi connectivity index (χ4n) is 1.98. The van der Waals surface area contributed by atoms with Crippen molar-refractivity contribution in [3.05, 3.63) is 65.0 Å². The molecule has 0 saturated heterocycles. The quantitative estimate of drug-likeness (QED) is 0.878. The maximum atomic E-state index is 12.0. The number of aryl methyl sites for hydroxylation is 1. The molecule has 0 aliphatic heterocycles. The molecule has 0 saturated carbocycles. The van der Waals surface area contributed by atoms with Gasteiger partial charge in [-0.3, -0.25) is 4.79 Å². The van der Waals surface area contributed by atoms with Crippen LogP contribution >= 0.6 is 0 Å². The van der Waals surface area contributed by atoms with Crippen LogP contribution in [0.5, 0.6) is 0 Å². The van der Waals surface area contributed by atoms with Crippen LogP contribution in [0.3, 0.4) is 0 Å². The third kappa shape index (κ3) is 6.00. The molecule has 2 rings (SSSR count). The van der Waals surface area contributed by atoms with E-state index in [1.807, 2.05) is 0 Å². The van der Waals surface area contributed by atoms with Crippen LogP contribution in [0, 0.1) is 6.92 Å². The number of ether oxygens (including phenoxy) is 1. The van der Waals surface area contributed by atoms with E-state index >= 15 is 0 Å². The highest BCUT2D eigenvalue weighted by Gasteiger charge is 2.27. The van der Waals surface area contributed by atoms with Crippen molar-refractivity contribution in [1.29, 1.82) is 0 Å². The van der Waals surface area contributed by atoms with Crippen molar-refractivity contribution in [1.82, 2.24) is 10.3 Å². The van der Waals surface area contributed by atoms with Gasteiger partial charge in [-0.1, -0.05) is 30.3 Å². The lowest BCUT2D eigenvalue weighted by Crippen LogP contribution is -2.23. The molecule has 128 valence electrons. The Morgan fingerprint density at radius 1 is 1.12 bits per heavy atom. The first-order chi connectivity index (χ1) is 11.3. The van der Waals surface area contributed by atoms with Crippen molar-refractivity contribution in [2.24, 2.45) is 0 Å². The van der Waals surface area contributed by atoms with Gasteiger partial charge in [0.05, 0.1) is 6.61 Å². The van der Waals surface area contributed by atoms with E-state index < -0.39 is 12.8 Å². The molecular weight excluding hydrogens is 321 g/mol.